The molecule has 1 aliphatic carbocycles. The van der Waals surface area contributed by atoms with Crippen LogP contribution in [0.25, 0.3) is 0 Å². The van der Waals surface area contributed by atoms with E-state index < -0.39 is 0 Å². The van der Waals surface area contributed by atoms with Crippen molar-refractivity contribution in [1.29, 1.82) is 0 Å². The van der Waals surface area contributed by atoms with Gasteiger partial charge >= 0.3 is 6.03 Å². The van der Waals surface area contributed by atoms with Crippen molar-refractivity contribution in [3.63, 3.8) is 0 Å². The number of amides is 3. The number of benzene rings is 1. The molecule has 0 aromatic heterocycles. The largest absolute Gasteiger partial charge is 0.322 e. The highest BCUT2D eigenvalue weighted by atomic mass is 16.2. The van der Waals surface area contributed by atoms with Crippen LogP contribution in [0.2, 0.25) is 0 Å². The molecule has 1 aromatic carbocycles. The van der Waals surface area contributed by atoms with Gasteiger partial charge in [-0.25, -0.2) is 4.79 Å². The summed E-state index contributed by atoms with van der Waals surface area (Å²) in [6.07, 6.45) is 4.88. The Balaban J connectivity index is 1.71. The zero-order valence-electron chi connectivity index (χ0n) is 14.8. The van der Waals surface area contributed by atoms with Crippen molar-refractivity contribution in [1.82, 2.24) is 4.90 Å². The maximum absolute atomic E-state index is 12.8. The van der Waals surface area contributed by atoms with Gasteiger partial charge in [-0.3, -0.25) is 4.79 Å². The Morgan fingerprint density at radius 1 is 1.25 bits per heavy atom. The van der Waals surface area contributed by atoms with Gasteiger partial charge in [-0.2, -0.15) is 0 Å². The van der Waals surface area contributed by atoms with Gasteiger partial charge in [0.25, 0.3) is 0 Å². The van der Waals surface area contributed by atoms with E-state index in [0.29, 0.717) is 17.9 Å². The highest BCUT2D eigenvalue weighted by molar-refractivity contribution is 5.93. The SMILES string of the molecule is CC(=O)N(C)c1cccc(NC(=O)N2C[C@H](C)[C@H]3CCCC[C@H]32)c1. The van der Waals surface area contributed by atoms with E-state index in [1.54, 1.807) is 11.9 Å². The lowest BCUT2D eigenvalue weighted by Crippen LogP contribution is -2.41. The fraction of sp³-hybridized carbons (Fsp3) is 0.579. The number of hydrogen-bond acceptors (Lipinski definition) is 2. The predicted octanol–water partition coefficient (Wildman–Crippen LogP) is 3.71. The topological polar surface area (TPSA) is 52.7 Å². The summed E-state index contributed by atoms with van der Waals surface area (Å²) in [5, 5.41) is 3.02. The van der Waals surface area contributed by atoms with E-state index in [4.69, 9.17) is 0 Å². The molecule has 0 spiro atoms. The number of urea groups is 1. The van der Waals surface area contributed by atoms with Crippen molar-refractivity contribution in [2.45, 2.75) is 45.6 Å². The summed E-state index contributed by atoms with van der Waals surface area (Å²) in [5.74, 6) is 1.20. The van der Waals surface area contributed by atoms with Gasteiger partial charge in [0.1, 0.15) is 0 Å². The smallest absolute Gasteiger partial charge is 0.321 e. The Kier molecular flexibility index (Phi) is 4.78. The van der Waals surface area contributed by atoms with Gasteiger partial charge in [0, 0.05) is 37.9 Å². The summed E-state index contributed by atoms with van der Waals surface area (Å²) in [5.41, 5.74) is 1.52. The van der Waals surface area contributed by atoms with E-state index >= 15 is 0 Å². The molecule has 1 aromatic rings. The van der Waals surface area contributed by atoms with Gasteiger partial charge in [-0.1, -0.05) is 25.8 Å². The molecule has 3 atom stereocenters. The minimum atomic E-state index is -0.0307. The lowest BCUT2D eigenvalue weighted by atomic mass is 9.80. The highest BCUT2D eigenvalue weighted by Gasteiger charge is 2.42. The van der Waals surface area contributed by atoms with Crippen LogP contribution in [0.4, 0.5) is 16.2 Å². The number of anilines is 2. The van der Waals surface area contributed by atoms with E-state index in [-0.39, 0.29) is 11.9 Å². The number of carbonyl (C=O) groups excluding carboxylic acids is 2. The number of nitrogens with one attached hydrogen (secondary N) is 1. The first-order valence-electron chi connectivity index (χ1n) is 8.89. The molecule has 1 heterocycles. The highest BCUT2D eigenvalue weighted by Crippen LogP contribution is 2.39. The molecule has 5 heteroatoms. The molecule has 2 fully saturated rings. The van der Waals surface area contributed by atoms with Crippen molar-refractivity contribution in [3.05, 3.63) is 24.3 Å². The van der Waals surface area contributed by atoms with Gasteiger partial charge in [-0.15, -0.1) is 0 Å². The quantitative estimate of drug-likeness (QED) is 0.899. The summed E-state index contributed by atoms with van der Waals surface area (Å²) < 4.78 is 0. The first-order valence-corrected chi connectivity index (χ1v) is 8.89. The second-order valence-corrected chi connectivity index (χ2v) is 7.20. The monoisotopic (exact) mass is 329 g/mol. The Labute approximate surface area is 144 Å². The molecule has 5 nitrogen and oxygen atoms in total. The molecule has 130 valence electrons. The maximum atomic E-state index is 12.8. The molecule has 0 bridgehead atoms. The molecular formula is C19H27N3O2. The van der Waals surface area contributed by atoms with Crippen LogP contribution in [0.3, 0.4) is 0 Å². The second-order valence-electron chi connectivity index (χ2n) is 7.20. The zero-order valence-corrected chi connectivity index (χ0v) is 14.8. The predicted molar refractivity (Wildman–Crippen MR) is 96.2 cm³/mol. The maximum Gasteiger partial charge on any atom is 0.322 e. The average Bonchev–Trinajstić information content (AvgIpc) is 2.92. The van der Waals surface area contributed by atoms with E-state index in [0.717, 1.165) is 24.3 Å². The lowest BCUT2D eigenvalue weighted by Gasteiger charge is -2.32. The van der Waals surface area contributed by atoms with Crippen LogP contribution in [0.15, 0.2) is 24.3 Å². The molecule has 1 saturated carbocycles. The van der Waals surface area contributed by atoms with E-state index in [1.807, 2.05) is 29.2 Å². The molecule has 1 saturated heterocycles. The normalized spacial score (nSPS) is 26.0. The number of carbonyl (C=O) groups is 2. The van der Waals surface area contributed by atoms with Gasteiger partial charge < -0.3 is 15.1 Å². The third-order valence-corrected chi connectivity index (χ3v) is 5.62. The summed E-state index contributed by atoms with van der Waals surface area (Å²) in [7, 11) is 1.73. The summed E-state index contributed by atoms with van der Waals surface area (Å²) in [6.45, 7) is 4.63. The van der Waals surface area contributed by atoms with Gasteiger partial charge in [0.05, 0.1) is 0 Å². The molecule has 2 aliphatic rings. The van der Waals surface area contributed by atoms with Crippen molar-refractivity contribution in [2.24, 2.45) is 11.8 Å². The Morgan fingerprint density at radius 2 is 2.00 bits per heavy atom. The second kappa shape index (κ2) is 6.83. The third kappa shape index (κ3) is 3.25. The summed E-state index contributed by atoms with van der Waals surface area (Å²) in [4.78, 5) is 27.9. The number of hydrogen-bond donors (Lipinski definition) is 1. The van der Waals surface area contributed by atoms with Crippen LogP contribution < -0.4 is 10.2 Å². The number of likely N-dealkylation sites (tertiary alicyclic amines) is 1. The first kappa shape index (κ1) is 16.8. The molecule has 3 amide bonds. The van der Waals surface area contributed by atoms with Gasteiger partial charge in [0.15, 0.2) is 0 Å². The number of nitrogens with zero attached hydrogens (tertiary/aromatic N) is 2. The van der Waals surface area contributed by atoms with Crippen LogP contribution in [-0.4, -0.2) is 36.5 Å². The zero-order chi connectivity index (χ0) is 17.3. The minimum Gasteiger partial charge on any atom is -0.321 e. The van der Waals surface area contributed by atoms with Crippen molar-refractivity contribution < 1.29 is 9.59 Å². The van der Waals surface area contributed by atoms with Crippen molar-refractivity contribution in [2.75, 3.05) is 23.8 Å². The summed E-state index contributed by atoms with van der Waals surface area (Å²) >= 11 is 0. The number of fused-ring (bicyclic) bond motifs is 1. The molecule has 3 rings (SSSR count). The standard InChI is InChI=1S/C19H27N3O2/c1-13-12-22(18-10-5-4-9-17(13)18)19(24)20-15-7-6-8-16(11-15)21(3)14(2)23/h6-8,11,13,17-18H,4-5,9-10,12H2,1-3H3,(H,20,24)/t13-,17+,18+/m0/s1. The van der Waals surface area contributed by atoms with E-state index in [1.165, 1.54) is 26.2 Å². The van der Waals surface area contributed by atoms with Crippen LogP contribution in [0, 0.1) is 11.8 Å². The van der Waals surface area contributed by atoms with Gasteiger partial charge in [0.2, 0.25) is 5.91 Å². The lowest BCUT2D eigenvalue weighted by molar-refractivity contribution is -0.116. The first-order chi connectivity index (χ1) is 11.5. The molecule has 0 unspecified atom stereocenters. The third-order valence-electron chi connectivity index (χ3n) is 5.62. The van der Waals surface area contributed by atoms with Crippen LogP contribution in [-0.2, 0) is 4.79 Å². The fourth-order valence-electron chi connectivity index (χ4n) is 4.17. The van der Waals surface area contributed by atoms with Gasteiger partial charge in [-0.05, 0) is 42.9 Å². The molecule has 0 radical (unpaired) electrons. The molecule has 24 heavy (non-hydrogen) atoms. The Hall–Kier alpha value is -2.04. The van der Waals surface area contributed by atoms with Crippen molar-refractivity contribution in [3.8, 4) is 0 Å². The fourth-order valence-corrected chi connectivity index (χ4v) is 4.17. The van der Waals surface area contributed by atoms with Crippen LogP contribution >= 0.6 is 0 Å². The molecule has 1 aliphatic heterocycles. The number of rotatable bonds is 2. The van der Waals surface area contributed by atoms with E-state index in [9.17, 15) is 9.59 Å². The molecule has 1 N–H and O–H groups in total. The van der Waals surface area contributed by atoms with E-state index in [2.05, 4.69) is 12.2 Å². The average molecular weight is 329 g/mol. The molecular weight excluding hydrogens is 302 g/mol. The minimum absolute atomic E-state index is 0.0149. The van der Waals surface area contributed by atoms with Crippen molar-refractivity contribution >= 4 is 23.3 Å². The van der Waals surface area contributed by atoms with Crippen LogP contribution in [0.1, 0.15) is 39.5 Å². The Bertz CT molecular complexity index is 631. The van der Waals surface area contributed by atoms with Crippen LogP contribution in [0.5, 0.6) is 0 Å². The summed E-state index contributed by atoms with van der Waals surface area (Å²) in [6, 6.07) is 7.81. The Morgan fingerprint density at radius 3 is 2.75 bits per heavy atom.